The molecule has 0 bridgehead atoms. The maximum Gasteiger partial charge on any atom is 0.325 e. The molecule has 0 aliphatic heterocycles. The number of Topliss-reactive ketones (excluding diaryl/α,β-unsaturated/α-hetero) is 1. The molecule has 2 aromatic rings. The molecule has 0 aromatic heterocycles. The summed E-state index contributed by atoms with van der Waals surface area (Å²) in [6.45, 7) is -0.853. The molecule has 2 aromatic carbocycles. The Balaban J connectivity index is 1.36. The minimum Gasteiger partial charge on any atom is -0.484 e. The Bertz CT molecular complexity index is 832. The van der Waals surface area contributed by atoms with Gasteiger partial charge in [-0.1, -0.05) is 30.3 Å². The molecule has 1 aliphatic carbocycles. The van der Waals surface area contributed by atoms with Crippen LogP contribution in [0, 0.1) is 0 Å². The number of rotatable bonds is 8. The zero-order valence-corrected chi connectivity index (χ0v) is 14.9. The van der Waals surface area contributed by atoms with E-state index < -0.39 is 11.9 Å². The summed E-state index contributed by atoms with van der Waals surface area (Å²) in [7, 11) is 0. The average molecular weight is 367 g/mol. The van der Waals surface area contributed by atoms with E-state index in [1.807, 2.05) is 18.2 Å². The highest BCUT2D eigenvalue weighted by atomic mass is 16.5. The molecule has 0 saturated heterocycles. The van der Waals surface area contributed by atoms with Gasteiger partial charge in [-0.3, -0.25) is 14.4 Å². The number of hydrogen-bond acceptors (Lipinski definition) is 5. The van der Waals surface area contributed by atoms with Crippen molar-refractivity contribution in [3.05, 3.63) is 65.2 Å². The van der Waals surface area contributed by atoms with Crippen molar-refractivity contribution in [2.45, 2.75) is 19.3 Å². The van der Waals surface area contributed by atoms with Crippen LogP contribution in [0.5, 0.6) is 5.75 Å². The molecule has 27 heavy (non-hydrogen) atoms. The van der Waals surface area contributed by atoms with E-state index in [9.17, 15) is 14.4 Å². The van der Waals surface area contributed by atoms with Crippen molar-refractivity contribution in [3.8, 4) is 5.75 Å². The fourth-order valence-corrected chi connectivity index (χ4v) is 2.91. The van der Waals surface area contributed by atoms with E-state index in [4.69, 9.17) is 9.47 Å². The van der Waals surface area contributed by atoms with Gasteiger partial charge in [0.2, 0.25) is 0 Å². The van der Waals surface area contributed by atoms with Crippen molar-refractivity contribution >= 4 is 17.7 Å². The molecule has 0 unspecified atom stereocenters. The third-order valence-electron chi connectivity index (χ3n) is 4.33. The summed E-state index contributed by atoms with van der Waals surface area (Å²) in [6, 6.07) is 14.5. The van der Waals surface area contributed by atoms with Crippen LogP contribution >= 0.6 is 0 Å². The van der Waals surface area contributed by atoms with Crippen LogP contribution in [-0.4, -0.2) is 37.4 Å². The smallest absolute Gasteiger partial charge is 0.325 e. The van der Waals surface area contributed by atoms with E-state index in [1.165, 1.54) is 11.1 Å². The lowest BCUT2D eigenvalue weighted by atomic mass is 10.0. The maximum absolute atomic E-state index is 12.2. The quantitative estimate of drug-likeness (QED) is 0.571. The number of carbonyl (C=O) groups is 3. The van der Waals surface area contributed by atoms with Crippen LogP contribution in [0.15, 0.2) is 48.5 Å². The minimum atomic E-state index is -0.669. The maximum atomic E-state index is 12.2. The molecule has 0 radical (unpaired) electrons. The van der Waals surface area contributed by atoms with E-state index in [2.05, 4.69) is 5.32 Å². The molecule has 1 amide bonds. The summed E-state index contributed by atoms with van der Waals surface area (Å²) in [4.78, 5) is 35.6. The van der Waals surface area contributed by atoms with Gasteiger partial charge < -0.3 is 14.8 Å². The SMILES string of the molecule is O=C(COc1ccccc1)NCC(=O)OCC(=O)c1ccc2c(c1)CCC2. The van der Waals surface area contributed by atoms with E-state index in [-0.39, 0.29) is 25.5 Å². The predicted octanol–water partition coefficient (Wildman–Crippen LogP) is 2.10. The molecule has 0 saturated carbocycles. The zero-order chi connectivity index (χ0) is 19.1. The highest BCUT2D eigenvalue weighted by molar-refractivity contribution is 5.98. The molecule has 0 fully saturated rings. The van der Waals surface area contributed by atoms with Crippen LogP contribution in [0.2, 0.25) is 0 Å². The lowest BCUT2D eigenvalue weighted by molar-refractivity contribution is -0.143. The van der Waals surface area contributed by atoms with Crippen LogP contribution in [0.25, 0.3) is 0 Å². The fraction of sp³-hybridized carbons (Fsp3) is 0.286. The number of nitrogens with one attached hydrogen (secondary N) is 1. The Morgan fingerprint density at radius 2 is 1.70 bits per heavy atom. The van der Waals surface area contributed by atoms with Crippen LogP contribution < -0.4 is 10.1 Å². The molecule has 6 heteroatoms. The first-order valence-electron chi connectivity index (χ1n) is 8.87. The molecule has 1 aliphatic rings. The van der Waals surface area contributed by atoms with Gasteiger partial charge in [0.1, 0.15) is 12.3 Å². The molecule has 0 heterocycles. The van der Waals surface area contributed by atoms with Gasteiger partial charge in [0, 0.05) is 5.56 Å². The lowest BCUT2D eigenvalue weighted by Gasteiger charge is -2.08. The van der Waals surface area contributed by atoms with Gasteiger partial charge in [0.05, 0.1) is 0 Å². The first-order valence-corrected chi connectivity index (χ1v) is 8.87. The van der Waals surface area contributed by atoms with E-state index in [1.54, 1.807) is 30.3 Å². The summed E-state index contributed by atoms with van der Waals surface area (Å²) < 4.78 is 10.2. The summed E-state index contributed by atoms with van der Waals surface area (Å²) in [5.41, 5.74) is 3.02. The van der Waals surface area contributed by atoms with Crippen molar-refractivity contribution in [2.24, 2.45) is 0 Å². The number of aryl methyl sites for hydroxylation is 2. The molecule has 0 spiro atoms. The van der Waals surface area contributed by atoms with Crippen LogP contribution in [0.3, 0.4) is 0 Å². The van der Waals surface area contributed by atoms with Crippen molar-refractivity contribution < 1.29 is 23.9 Å². The van der Waals surface area contributed by atoms with Crippen molar-refractivity contribution in [3.63, 3.8) is 0 Å². The molecule has 3 rings (SSSR count). The number of amides is 1. The standard InChI is InChI=1S/C21H21NO5/c23-19(17-10-9-15-5-4-6-16(15)11-17)13-27-21(25)12-22-20(24)14-26-18-7-2-1-3-8-18/h1-3,7-11H,4-6,12-14H2,(H,22,24). The van der Waals surface area contributed by atoms with Crippen molar-refractivity contribution in [2.75, 3.05) is 19.8 Å². The number of ether oxygens (including phenoxy) is 2. The van der Waals surface area contributed by atoms with E-state index in [0.29, 0.717) is 11.3 Å². The summed E-state index contributed by atoms with van der Waals surface area (Å²) in [5.74, 6) is -0.801. The number of carbonyl (C=O) groups excluding carboxylic acids is 3. The van der Waals surface area contributed by atoms with Crippen LogP contribution in [-0.2, 0) is 27.2 Å². The molecular weight excluding hydrogens is 346 g/mol. The van der Waals surface area contributed by atoms with Gasteiger partial charge >= 0.3 is 5.97 Å². The molecule has 140 valence electrons. The summed E-state index contributed by atoms with van der Waals surface area (Å²) >= 11 is 0. The van der Waals surface area contributed by atoms with Gasteiger partial charge in [-0.15, -0.1) is 0 Å². The second-order valence-electron chi connectivity index (χ2n) is 6.30. The van der Waals surface area contributed by atoms with Crippen molar-refractivity contribution in [1.29, 1.82) is 0 Å². The third kappa shape index (κ3) is 5.41. The summed E-state index contributed by atoms with van der Waals surface area (Å²) in [6.07, 6.45) is 3.13. The normalized spacial score (nSPS) is 12.1. The third-order valence-corrected chi connectivity index (χ3v) is 4.33. The first-order chi connectivity index (χ1) is 13.1. The highest BCUT2D eigenvalue weighted by Gasteiger charge is 2.15. The Morgan fingerprint density at radius 3 is 2.52 bits per heavy atom. The predicted molar refractivity (Wildman–Crippen MR) is 98.7 cm³/mol. The number of fused-ring (bicyclic) bond motifs is 1. The van der Waals surface area contributed by atoms with Crippen molar-refractivity contribution in [1.82, 2.24) is 5.32 Å². The second kappa shape index (κ2) is 8.98. The van der Waals surface area contributed by atoms with Gasteiger partial charge in [0.25, 0.3) is 5.91 Å². The zero-order valence-electron chi connectivity index (χ0n) is 14.9. The van der Waals surface area contributed by atoms with E-state index in [0.717, 1.165) is 19.3 Å². The number of benzene rings is 2. The Hall–Kier alpha value is -3.15. The number of para-hydroxylation sites is 1. The monoisotopic (exact) mass is 367 g/mol. The highest BCUT2D eigenvalue weighted by Crippen LogP contribution is 2.23. The average Bonchev–Trinajstić information content (AvgIpc) is 3.17. The van der Waals surface area contributed by atoms with Gasteiger partial charge in [-0.25, -0.2) is 0 Å². The molecular formula is C21H21NO5. The Morgan fingerprint density at radius 1 is 0.926 bits per heavy atom. The number of hydrogen-bond donors (Lipinski definition) is 1. The molecule has 1 N–H and O–H groups in total. The first kappa shape index (κ1) is 18.6. The van der Waals surface area contributed by atoms with Gasteiger partial charge in [-0.2, -0.15) is 0 Å². The minimum absolute atomic E-state index is 0.203. The van der Waals surface area contributed by atoms with Crippen LogP contribution in [0.1, 0.15) is 27.9 Å². The van der Waals surface area contributed by atoms with Crippen LogP contribution in [0.4, 0.5) is 0 Å². The largest absolute Gasteiger partial charge is 0.484 e. The second-order valence-corrected chi connectivity index (χ2v) is 6.30. The fourth-order valence-electron chi connectivity index (χ4n) is 2.91. The van der Waals surface area contributed by atoms with Gasteiger partial charge in [-0.05, 0) is 48.6 Å². The van der Waals surface area contributed by atoms with Gasteiger partial charge in [0.15, 0.2) is 19.0 Å². The lowest BCUT2D eigenvalue weighted by Crippen LogP contribution is -2.34. The number of esters is 1. The van der Waals surface area contributed by atoms with E-state index >= 15 is 0 Å². The Labute approximate surface area is 157 Å². The molecule has 6 nitrogen and oxygen atoms in total. The summed E-state index contributed by atoms with van der Waals surface area (Å²) in [5, 5.41) is 2.40. The molecule has 0 atom stereocenters. The Kier molecular flexibility index (Phi) is 6.20. The number of ketones is 1. The topological polar surface area (TPSA) is 81.7 Å².